The largest absolute Gasteiger partial charge is 0.346 e. The number of hydrogen-bond donors (Lipinski definition) is 1. The molecule has 0 saturated heterocycles. The van der Waals surface area contributed by atoms with E-state index in [2.05, 4.69) is 5.10 Å². The van der Waals surface area contributed by atoms with Crippen LogP contribution in [0.2, 0.25) is 0 Å². The van der Waals surface area contributed by atoms with Crippen molar-refractivity contribution in [2.75, 3.05) is 6.54 Å². The van der Waals surface area contributed by atoms with E-state index in [-0.39, 0.29) is 36.0 Å². The molecule has 3 heterocycles. The fraction of sp³-hybridized carbons (Fsp3) is 0.316. The van der Waals surface area contributed by atoms with Crippen molar-refractivity contribution in [3.05, 3.63) is 74.4 Å². The van der Waals surface area contributed by atoms with Crippen molar-refractivity contribution in [1.82, 2.24) is 18.9 Å². The van der Waals surface area contributed by atoms with Gasteiger partial charge in [0, 0.05) is 28.5 Å². The van der Waals surface area contributed by atoms with E-state index in [1.54, 1.807) is 16.8 Å². The number of pyridine rings is 1. The summed E-state index contributed by atoms with van der Waals surface area (Å²) < 4.78 is 17.0. The van der Waals surface area contributed by atoms with Crippen molar-refractivity contribution in [3.8, 4) is 10.4 Å². The smallest absolute Gasteiger partial charge is 0.327 e. The quantitative estimate of drug-likeness (QED) is 0.656. The zero-order valence-electron chi connectivity index (χ0n) is 15.7. The third-order valence-corrected chi connectivity index (χ3v) is 5.45. The molecule has 148 valence electrons. The normalized spacial score (nSPS) is 12.1. The van der Waals surface area contributed by atoms with E-state index in [0.29, 0.717) is 18.4 Å². The lowest BCUT2D eigenvalue weighted by molar-refractivity contribution is 0.579. The SMILES string of the molecule is CC(C)n1cccc(-c2ccc(Cn3cnn(C/C(=C/F)CN)c3=O)s2)c1=O. The van der Waals surface area contributed by atoms with Gasteiger partial charge in [0.25, 0.3) is 5.56 Å². The highest BCUT2D eigenvalue weighted by molar-refractivity contribution is 7.15. The Balaban J connectivity index is 1.83. The minimum atomic E-state index is -0.343. The molecule has 2 N–H and O–H groups in total. The number of thiophene rings is 1. The predicted molar refractivity (Wildman–Crippen MR) is 108 cm³/mol. The van der Waals surface area contributed by atoms with Gasteiger partial charge >= 0.3 is 5.69 Å². The molecule has 0 aliphatic carbocycles. The summed E-state index contributed by atoms with van der Waals surface area (Å²) in [5.74, 6) is 0. The van der Waals surface area contributed by atoms with Crippen LogP contribution in [0.15, 0.2) is 58.3 Å². The molecule has 28 heavy (non-hydrogen) atoms. The highest BCUT2D eigenvalue weighted by Gasteiger charge is 2.12. The molecule has 0 spiro atoms. The number of halogens is 1. The van der Waals surface area contributed by atoms with Crippen LogP contribution >= 0.6 is 11.3 Å². The van der Waals surface area contributed by atoms with Gasteiger partial charge in [-0.25, -0.2) is 13.9 Å². The Hall–Kier alpha value is -2.78. The fourth-order valence-electron chi connectivity index (χ4n) is 2.80. The number of nitrogens with two attached hydrogens (primary N) is 1. The zero-order chi connectivity index (χ0) is 20.3. The molecule has 3 aromatic heterocycles. The maximum atomic E-state index is 12.7. The molecule has 0 amide bonds. The monoisotopic (exact) mass is 403 g/mol. The Kier molecular flexibility index (Phi) is 6.05. The van der Waals surface area contributed by atoms with Crippen LogP contribution in [-0.2, 0) is 13.1 Å². The first-order chi connectivity index (χ1) is 13.4. The Morgan fingerprint density at radius 1 is 1.32 bits per heavy atom. The van der Waals surface area contributed by atoms with Crippen LogP contribution in [0, 0.1) is 0 Å². The van der Waals surface area contributed by atoms with Crippen LogP contribution in [0.25, 0.3) is 10.4 Å². The molecule has 9 heteroatoms. The molecule has 0 unspecified atom stereocenters. The molecule has 0 atom stereocenters. The molecule has 3 rings (SSSR count). The molecule has 0 radical (unpaired) electrons. The van der Waals surface area contributed by atoms with Crippen LogP contribution in [0.5, 0.6) is 0 Å². The first-order valence-electron chi connectivity index (χ1n) is 8.85. The summed E-state index contributed by atoms with van der Waals surface area (Å²) in [6, 6.07) is 7.52. The fourth-order valence-corrected chi connectivity index (χ4v) is 3.83. The van der Waals surface area contributed by atoms with Gasteiger partial charge in [0.15, 0.2) is 0 Å². The Morgan fingerprint density at radius 2 is 2.11 bits per heavy atom. The van der Waals surface area contributed by atoms with Crippen molar-refractivity contribution in [3.63, 3.8) is 0 Å². The van der Waals surface area contributed by atoms with Gasteiger partial charge in [-0.1, -0.05) is 0 Å². The van der Waals surface area contributed by atoms with Crippen molar-refractivity contribution < 1.29 is 4.39 Å². The highest BCUT2D eigenvalue weighted by Crippen LogP contribution is 2.26. The first kappa shape index (κ1) is 20.0. The van der Waals surface area contributed by atoms with Gasteiger partial charge in [-0.2, -0.15) is 5.10 Å². The van der Waals surface area contributed by atoms with E-state index in [0.717, 1.165) is 9.75 Å². The molecule has 0 aromatic carbocycles. The van der Waals surface area contributed by atoms with Gasteiger partial charge in [0.2, 0.25) is 0 Å². The lowest BCUT2D eigenvalue weighted by atomic mass is 10.2. The molecular weight excluding hydrogens is 381 g/mol. The second-order valence-electron chi connectivity index (χ2n) is 6.66. The summed E-state index contributed by atoms with van der Waals surface area (Å²) in [7, 11) is 0. The van der Waals surface area contributed by atoms with Crippen LogP contribution in [-0.4, -0.2) is 25.5 Å². The second kappa shape index (κ2) is 8.49. The summed E-state index contributed by atoms with van der Waals surface area (Å²) >= 11 is 1.45. The average Bonchev–Trinajstić information content (AvgIpc) is 3.28. The predicted octanol–water partition coefficient (Wildman–Crippen LogP) is 2.38. The number of rotatable bonds is 7. The van der Waals surface area contributed by atoms with Crippen LogP contribution in [0.4, 0.5) is 4.39 Å². The zero-order valence-corrected chi connectivity index (χ0v) is 16.5. The minimum absolute atomic E-state index is 0.0211. The summed E-state index contributed by atoms with van der Waals surface area (Å²) in [6.07, 6.45) is 3.60. The third-order valence-electron chi connectivity index (χ3n) is 4.35. The third kappa shape index (κ3) is 4.05. The number of aromatic nitrogens is 4. The molecule has 0 aliphatic rings. The summed E-state index contributed by atoms with van der Waals surface area (Å²) in [5.41, 5.74) is 5.97. The number of hydrogen-bond acceptors (Lipinski definition) is 5. The molecular formula is C19H22FN5O2S. The van der Waals surface area contributed by atoms with E-state index in [4.69, 9.17) is 5.73 Å². The van der Waals surface area contributed by atoms with Gasteiger partial charge in [0.1, 0.15) is 6.33 Å². The first-order valence-corrected chi connectivity index (χ1v) is 9.67. The van der Waals surface area contributed by atoms with E-state index in [1.807, 2.05) is 32.0 Å². The van der Waals surface area contributed by atoms with Gasteiger partial charge in [-0.3, -0.25) is 9.36 Å². The topological polar surface area (TPSA) is 87.8 Å². The maximum absolute atomic E-state index is 12.7. The molecule has 3 aromatic rings. The van der Waals surface area contributed by atoms with Crippen molar-refractivity contribution in [1.29, 1.82) is 0 Å². The summed E-state index contributed by atoms with van der Waals surface area (Å²) in [6.45, 7) is 4.29. The van der Waals surface area contributed by atoms with Gasteiger partial charge in [0.05, 0.1) is 25.0 Å². The molecule has 0 saturated carbocycles. The van der Waals surface area contributed by atoms with E-state index < -0.39 is 0 Å². The molecule has 0 fully saturated rings. The molecule has 0 bridgehead atoms. The minimum Gasteiger partial charge on any atom is -0.327 e. The maximum Gasteiger partial charge on any atom is 0.346 e. The highest BCUT2D eigenvalue weighted by atomic mass is 32.1. The van der Waals surface area contributed by atoms with E-state index in [1.165, 1.54) is 26.9 Å². The van der Waals surface area contributed by atoms with Crippen molar-refractivity contribution >= 4 is 11.3 Å². The second-order valence-corrected chi connectivity index (χ2v) is 7.83. The van der Waals surface area contributed by atoms with Crippen LogP contribution in [0.3, 0.4) is 0 Å². The van der Waals surface area contributed by atoms with E-state index >= 15 is 0 Å². The Morgan fingerprint density at radius 3 is 2.79 bits per heavy atom. The summed E-state index contributed by atoms with van der Waals surface area (Å²) in [4.78, 5) is 26.8. The van der Waals surface area contributed by atoms with Crippen LogP contribution in [0.1, 0.15) is 24.8 Å². The average molecular weight is 403 g/mol. The standard InChI is InChI=1S/C19H22FN5O2S/c1-13(2)24-7-3-4-16(18(24)26)17-6-5-15(28-17)11-23-12-22-25(19(23)27)10-14(8-20)9-21/h3-8,12-13H,9-11,21H2,1-2H3/b14-8+. The lowest BCUT2D eigenvalue weighted by Crippen LogP contribution is -2.26. The van der Waals surface area contributed by atoms with Crippen LogP contribution < -0.4 is 17.0 Å². The van der Waals surface area contributed by atoms with E-state index in [9.17, 15) is 14.0 Å². The Bertz CT molecular complexity index is 1110. The van der Waals surface area contributed by atoms with Crippen molar-refractivity contribution in [2.45, 2.75) is 33.0 Å². The number of nitrogens with zero attached hydrogens (tertiary/aromatic N) is 4. The molecule has 7 nitrogen and oxygen atoms in total. The van der Waals surface area contributed by atoms with Crippen molar-refractivity contribution in [2.24, 2.45) is 5.73 Å². The Labute approximate surface area is 165 Å². The van der Waals surface area contributed by atoms with Gasteiger partial charge in [-0.15, -0.1) is 11.3 Å². The molecule has 0 aliphatic heterocycles. The van der Waals surface area contributed by atoms with Gasteiger partial charge < -0.3 is 10.3 Å². The van der Waals surface area contributed by atoms with Gasteiger partial charge in [-0.05, 0) is 43.7 Å². The summed E-state index contributed by atoms with van der Waals surface area (Å²) in [5, 5.41) is 4.01. The lowest BCUT2D eigenvalue weighted by Gasteiger charge is -2.10.